The van der Waals surface area contributed by atoms with Crippen LogP contribution in [-0.4, -0.2) is 19.7 Å². The molecule has 0 bridgehead atoms. The maximum atomic E-state index is 6.62. The minimum absolute atomic E-state index is 0.233. The lowest BCUT2D eigenvalue weighted by atomic mass is 10.1. The van der Waals surface area contributed by atoms with Crippen LogP contribution in [0.4, 0.5) is 11.4 Å². The fourth-order valence-electron chi connectivity index (χ4n) is 4.15. The molecule has 0 radical (unpaired) electrons. The summed E-state index contributed by atoms with van der Waals surface area (Å²) in [7, 11) is 0. The van der Waals surface area contributed by atoms with Crippen molar-refractivity contribution in [3.63, 3.8) is 0 Å². The van der Waals surface area contributed by atoms with E-state index in [1.807, 2.05) is 31.2 Å². The molecule has 186 valence electrons. The molecule has 0 spiro atoms. The van der Waals surface area contributed by atoms with Gasteiger partial charge < -0.3 is 19.7 Å². The third-order valence-corrected chi connectivity index (χ3v) is 7.53. The van der Waals surface area contributed by atoms with E-state index < -0.39 is 0 Å². The van der Waals surface area contributed by atoms with Crippen LogP contribution in [-0.2, 0) is 13.2 Å². The second-order valence-corrected chi connectivity index (χ2v) is 10.5. The van der Waals surface area contributed by atoms with Crippen LogP contribution in [0.5, 0.6) is 11.5 Å². The zero-order valence-electron chi connectivity index (χ0n) is 19.6. The van der Waals surface area contributed by atoms with Crippen LogP contribution >= 0.6 is 50.7 Å². The molecular weight excluding hydrogens is 571 g/mol. The molecule has 3 aromatic rings. The monoisotopic (exact) mass is 596 g/mol. The highest BCUT2D eigenvalue weighted by Gasteiger charge is 2.16. The molecule has 0 amide bonds. The molecule has 3 aromatic carbocycles. The van der Waals surface area contributed by atoms with E-state index in [1.54, 1.807) is 12.1 Å². The van der Waals surface area contributed by atoms with Gasteiger partial charge in [0.25, 0.3) is 0 Å². The second-order valence-electron chi connectivity index (χ2n) is 8.39. The standard InChI is InChI=1S/C27H28BrCl3N2O2/c1-2-34-26-14-18(13-21(28)27(26)35-17-20-22(29)7-6-8-23(20)30)16-32-19-9-10-25(24(31)15-19)33-11-4-3-5-12-33/h6-10,13-15,32H,2-5,11-12,16-17H2,1H3. The van der Waals surface area contributed by atoms with E-state index in [0.29, 0.717) is 34.7 Å². The molecule has 1 saturated heterocycles. The Kier molecular flexibility index (Phi) is 9.34. The van der Waals surface area contributed by atoms with Crippen molar-refractivity contribution in [3.8, 4) is 11.5 Å². The Balaban J connectivity index is 1.46. The second kappa shape index (κ2) is 12.4. The van der Waals surface area contributed by atoms with Gasteiger partial charge in [0.1, 0.15) is 6.61 Å². The Morgan fingerprint density at radius 3 is 2.34 bits per heavy atom. The van der Waals surface area contributed by atoms with E-state index in [0.717, 1.165) is 45.1 Å². The molecule has 0 atom stereocenters. The Bertz CT molecular complexity index is 1150. The van der Waals surface area contributed by atoms with Gasteiger partial charge in [-0.15, -0.1) is 0 Å². The molecular formula is C27H28BrCl3N2O2. The highest BCUT2D eigenvalue weighted by atomic mass is 79.9. The van der Waals surface area contributed by atoms with Gasteiger partial charge in [-0.2, -0.15) is 0 Å². The lowest BCUT2D eigenvalue weighted by Gasteiger charge is -2.29. The summed E-state index contributed by atoms with van der Waals surface area (Å²) in [5.41, 5.74) is 3.86. The number of halogens is 4. The average Bonchev–Trinajstić information content (AvgIpc) is 2.84. The van der Waals surface area contributed by atoms with Crippen molar-refractivity contribution in [2.24, 2.45) is 0 Å². The summed E-state index contributed by atoms with van der Waals surface area (Å²) in [5.74, 6) is 1.26. The van der Waals surface area contributed by atoms with Crippen LogP contribution in [0.25, 0.3) is 0 Å². The minimum Gasteiger partial charge on any atom is -0.490 e. The largest absolute Gasteiger partial charge is 0.490 e. The van der Waals surface area contributed by atoms with Gasteiger partial charge in [-0.05, 0) is 90.1 Å². The van der Waals surface area contributed by atoms with Crippen molar-refractivity contribution in [2.75, 3.05) is 29.9 Å². The predicted molar refractivity (Wildman–Crippen MR) is 151 cm³/mol. The quantitative estimate of drug-likeness (QED) is 0.267. The van der Waals surface area contributed by atoms with Gasteiger partial charge in [0.15, 0.2) is 11.5 Å². The number of hydrogen-bond acceptors (Lipinski definition) is 4. The third-order valence-electron chi connectivity index (χ3n) is 5.93. The van der Waals surface area contributed by atoms with E-state index in [2.05, 4.69) is 38.3 Å². The Labute approximate surface area is 230 Å². The average molecular weight is 599 g/mol. The van der Waals surface area contributed by atoms with Gasteiger partial charge in [-0.25, -0.2) is 0 Å². The van der Waals surface area contributed by atoms with Crippen molar-refractivity contribution in [1.82, 2.24) is 0 Å². The molecule has 1 heterocycles. The van der Waals surface area contributed by atoms with E-state index in [9.17, 15) is 0 Å². The highest BCUT2D eigenvalue weighted by molar-refractivity contribution is 9.10. The van der Waals surface area contributed by atoms with Crippen LogP contribution in [0.1, 0.15) is 37.3 Å². The summed E-state index contributed by atoms with van der Waals surface area (Å²) in [6.45, 7) is 5.43. The Morgan fingerprint density at radius 1 is 0.914 bits per heavy atom. The van der Waals surface area contributed by atoms with E-state index >= 15 is 0 Å². The number of piperidine rings is 1. The fraction of sp³-hybridized carbons (Fsp3) is 0.333. The molecule has 0 saturated carbocycles. The lowest BCUT2D eigenvalue weighted by molar-refractivity contribution is 0.267. The molecule has 0 aliphatic carbocycles. The smallest absolute Gasteiger partial charge is 0.175 e. The predicted octanol–water partition coefficient (Wildman–Crippen LogP) is 8.99. The van der Waals surface area contributed by atoms with Crippen LogP contribution in [0.2, 0.25) is 15.1 Å². The molecule has 4 nitrogen and oxygen atoms in total. The fourth-order valence-corrected chi connectivity index (χ4v) is 5.56. The summed E-state index contributed by atoms with van der Waals surface area (Å²) in [6.07, 6.45) is 3.74. The number of nitrogens with one attached hydrogen (secondary N) is 1. The molecule has 1 fully saturated rings. The first-order chi connectivity index (χ1) is 17.0. The minimum atomic E-state index is 0.233. The van der Waals surface area contributed by atoms with Crippen molar-refractivity contribution in [2.45, 2.75) is 39.3 Å². The number of nitrogens with zero attached hydrogens (tertiary/aromatic N) is 1. The normalized spacial score (nSPS) is 13.6. The summed E-state index contributed by atoms with van der Waals surface area (Å²) in [5, 5.41) is 5.37. The highest BCUT2D eigenvalue weighted by Crippen LogP contribution is 2.39. The first-order valence-corrected chi connectivity index (χ1v) is 13.7. The van der Waals surface area contributed by atoms with E-state index in [-0.39, 0.29) is 6.61 Å². The molecule has 1 aliphatic rings. The summed E-state index contributed by atoms with van der Waals surface area (Å²) in [6, 6.07) is 15.6. The van der Waals surface area contributed by atoms with Gasteiger partial charge in [0.05, 0.1) is 21.8 Å². The summed E-state index contributed by atoms with van der Waals surface area (Å²) in [4.78, 5) is 2.37. The molecule has 8 heteroatoms. The topological polar surface area (TPSA) is 33.7 Å². The Morgan fingerprint density at radius 2 is 1.66 bits per heavy atom. The van der Waals surface area contributed by atoms with Crippen molar-refractivity contribution >= 4 is 62.1 Å². The number of rotatable bonds is 9. The maximum Gasteiger partial charge on any atom is 0.175 e. The molecule has 4 rings (SSSR count). The first-order valence-electron chi connectivity index (χ1n) is 11.8. The van der Waals surface area contributed by atoms with Gasteiger partial charge in [-0.1, -0.05) is 40.9 Å². The molecule has 1 aliphatic heterocycles. The summed E-state index contributed by atoms with van der Waals surface area (Å²) < 4.78 is 12.8. The van der Waals surface area contributed by atoms with Gasteiger partial charge in [0, 0.05) is 40.9 Å². The van der Waals surface area contributed by atoms with Crippen molar-refractivity contribution < 1.29 is 9.47 Å². The zero-order valence-corrected chi connectivity index (χ0v) is 23.4. The SMILES string of the molecule is CCOc1cc(CNc2ccc(N3CCCCC3)c(Cl)c2)cc(Br)c1OCc1c(Cl)cccc1Cl. The van der Waals surface area contributed by atoms with Crippen LogP contribution in [0, 0.1) is 0 Å². The lowest BCUT2D eigenvalue weighted by Crippen LogP contribution is -2.29. The van der Waals surface area contributed by atoms with Gasteiger partial charge in [-0.3, -0.25) is 0 Å². The molecule has 1 N–H and O–H groups in total. The number of hydrogen-bond donors (Lipinski definition) is 1. The Hall–Kier alpha value is -1.79. The van der Waals surface area contributed by atoms with E-state index in [4.69, 9.17) is 44.3 Å². The van der Waals surface area contributed by atoms with Crippen LogP contribution in [0.3, 0.4) is 0 Å². The van der Waals surface area contributed by atoms with Crippen LogP contribution < -0.4 is 19.7 Å². The van der Waals surface area contributed by atoms with Gasteiger partial charge >= 0.3 is 0 Å². The number of benzene rings is 3. The van der Waals surface area contributed by atoms with E-state index in [1.165, 1.54) is 19.3 Å². The molecule has 0 aromatic heterocycles. The first kappa shape index (κ1) is 26.3. The zero-order chi connectivity index (χ0) is 24.8. The third kappa shape index (κ3) is 6.71. The summed E-state index contributed by atoms with van der Waals surface area (Å²) >= 11 is 22.9. The number of ether oxygens (including phenoxy) is 2. The van der Waals surface area contributed by atoms with Gasteiger partial charge in [0.2, 0.25) is 0 Å². The number of anilines is 2. The van der Waals surface area contributed by atoms with Crippen molar-refractivity contribution in [1.29, 1.82) is 0 Å². The van der Waals surface area contributed by atoms with Crippen LogP contribution in [0.15, 0.2) is 53.0 Å². The molecule has 35 heavy (non-hydrogen) atoms. The van der Waals surface area contributed by atoms with Crippen molar-refractivity contribution in [3.05, 3.63) is 79.2 Å². The molecule has 0 unspecified atom stereocenters. The maximum absolute atomic E-state index is 6.62.